The molecule has 0 aromatic carbocycles. The maximum absolute atomic E-state index is 11.8. The molecule has 0 aliphatic carbocycles. The van der Waals surface area contributed by atoms with E-state index >= 15 is 0 Å². The van der Waals surface area contributed by atoms with Gasteiger partial charge in [-0.05, 0) is 12.1 Å². The van der Waals surface area contributed by atoms with E-state index < -0.39 is 12.2 Å². The molecule has 1 fully saturated rings. The second-order valence-corrected chi connectivity index (χ2v) is 5.57. The summed E-state index contributed by atoms with van der Waals surface area (Å²) in [4.78, 5) is 14.1. The number of hydrogen-bond donors (Lipinski definition) is 2. The summed E-state index contributed by atoms with van der Waals surface area (Å²) in [6.07, 6.45) is -1.50. The van der Waals surface area contributed by atoms with Crippen LogP contribution in [0.15, 0.2) is 12.1 Å². The van der Waals surface area contributed by atoms with Crippen molar-refractivity contribution in [2.75, 3.05) is 19.6 Å². The molecule has 1 aromatic heterocycles. The van der Waals surface area contributed by atoms with Gasteiger partial charge in [0, 0.05) is 13.1 Å². The van der Waals surface area contributed by atoms with Crippen LogP contribution < -0.4 is 0 Å². The van der Waals surface area contributed by atoms with E-state index in [0.29, 0.717) is 22.3 Å². The van der Waals surface area contributed by atoms with Crippen LogP contribution in [0.25, 0.3) is 0 Å². The summed E-state index contributed by atoms with van der Waals surface area (Å²) in [6.45, 7) is 0.892. The minimum atomic E-state index is -0.750. The minimum Gasteiger partial charge on any atom is -0.389 e. The number of Topliss-reactive ketones (excluding diaryl/α,β-unsaturated/α-hetero) is 1. The molecule has 0 radical (unpaired) electrons. The zero-order valence-electron chi connectivity index (χ0n) is 8.47. The van der Waals surface area contributed by atoms with Gasteiger partial charge >= 0.3 is 0 Å². The number of aliphatic hydroxyl groups excluding tert-OH is 2. The normalized spacial score (nSPS) is 26.2. The third-order valence-electron chi connectivity index (χ3n) is 2.55. The smallest absolute Gasteiger partial charge is 0.186 e. The van der Waals surface area contributed by atoms with Gasteiger partial charge in [0.25, 0.3) is 0 Å². The highest BCUT2D eigenvalue weighted by molar-refractivity contribution is 7.18. The highest BCUT2D eigenvalue weighted by atomic mass is 35.5. The summed E-state index contributed by atoms with van der Waals surface area (Å²) >= 11 is 6.99. The van der Waals surface area contributed by atoms with E-state index in [1.165, 1.54) is 11.3 Å². The molecule has 1 aromatic rings. The van der Waals surface area contributed by atoms with Gasteiger partial charge in [-0.25, -0.2) is 0 Å². The lowest BCUT2D eigenvalue weighted by molar-refractivity contribution is 0.0572. The van der Waals surface area contributed by atoms with E-state index in [1.807, 2.05) is 0 Å². The summed E-state index contributed by atoms with van der Waals surface area (Å²) in [5.74, 6) is -0.0294. The number of carbonyl (C=O) groups excluding carboxylic acids is 1. The van der Waals surface area contributed by atoms with Crippen molar-refractivity contribution in [3.05, 3.63) is 21.3 Å². The molecule has 2 atom stereocenters. The molecule has 4 nitrogen and oxygen atoms in total. The van der Waals surface area contributed by atoms with E-state index in [9.17, 15) is 15.0 Å². The first-order valence-electron chi connectivity index (χ1n) is 4.93. The monoisotopic (exact) mass is 261 g/mol. The standard InChI is InChI=1S/C10H12ClNO3S/c11-10-2-1-9(16-10)8(15)5-12-3-6(13)7(14)4-12/h1-2,6-7,13-14H,3-5H2. The van der Waals surface area contributed by atoms with Crippen molar-refractivity contribution >= 4 is 28.7 Å². The summed E-state index contributed by atoms with van der Waals surface area (Å²) in [6, 6.07) is 3.38. The van der Waals surface area contributed by atoms with Gasteiger partial charge in [-0.2, -0.15) is 0 Å². The zero-order chi connectivity index (χ0) is 11.7. The number of carbonyl (C=O) groups is 1. The molecule has 1 saturated heterocycles. The van der Waals surface area contributed by atoms with Crippen LogP contribution in [0.4, 0.5) is 0 Å². The fourth-order valence-electron chi connectivity index (χ4n) is 1.72. The van der Waals surface area contributed by atoms with Crippen molar-refractivity contribution in [1.29, 1.82) is 0 Å². The molecule has 2 unspecified atom stereocenters. The van der Waals surface area contributed by atoms with Gasteiger partial charge in [-0.1, -0.05) is 11.6 Å². The molecule has 0 spiro atoms. The average Bonchev–Trinajstić information content (AvgIpc) is 2.75. The quantitative estimate of drug-likeness (QED) is 0.784. The number of aliphatic hydroxyl groups is 2. The van der Waals surface area contributed by atoms with Crippen molar-refractivity contribution in [1.82, 2.24) is 4.90 Å². The molecule has 2 rings (SSSR count). The topological polar surface area (TPSA) is 60.8 Å². The van der Waals surface area contributed by atoms with E-state index in [4.69, 9.17) is 11.6 Å². The number of thiophene rings is 1. The molecular weight excluding hydrogens is 250 g/mol. The number of ketones is 1. The van der Waals surface area contributed by atoms with Crippen LogP contribution in [0.3, 0.4) is 0 Å². The van der Waals surface area contributed by atoms with E-state index in [1.54, 1.807) is 17.0 Å². The Morgan fingerprint density at radius 2 is 2.06 bits per heavy atom. The first-order valence-corrected chi connectivity index (χ1v) is 6.12. The molecule has 0 saturated carbocycles. The number of likely N-dealkylation sites (tertiary alicyclic amines) is 1. The third-order valence-corrected chi connectivity index (χ3v) is 3.82. The van der Waals surface area contributed by atoms with E-state index in [2.05, 4.69) is 0 Å². The zero-order valence-corrected chi connectivity index (χ0v) is 10.0. The van der Waals surface area contributed by atoms with Gasteiger partial charge in [0.1, 0.15) is 0 Å². The largest absolute Gasteiger partial charge is 0.389 e. The van der Waals surface area contributed by atoms with Gasteiger partial charge in [0.2, 0.25) is 0 Å². The predicted octanol–water partition coefficient (Wildman–Crippen LogP) is 0.622. The minimum absolute atomic E-state index is 0.0294. The Balaban J connectivity index is 1.93. The van der Waals surface area contributed by atoms with Crippen molar-refractivity contribution in [2.24, 2.45) is 0 Å². The van der Waals surface area contributed by atoms with Crippen molar-refractivity contribution in [2.45, 2.75) is 12.2 Å². The summed E-state index contributed by atoms with van der Waals surface area (Å²) in [5, 5.41) is 18.7. The van der Waals surface area contributed by atoms with Crippen LogP contribution in [0.2, 0.25) is 4.34 Å². The molecule has 16 heavy (non-hydrogen) atoms. The first kappa shape index (κ1) is 12.0. The lowest BCUT2D eigenvalue weighted by Gasteiger charge is -2.12. The number of nitrogens with zero attached hydrogens (tertiary/aromatic N) is 1. The summed E-state index contributed by atoms with van der Waals surface area (Å²) in [5.41, 5.74) is 0. The molecule has 0 bridgehead atoms. The highest BCUT2D eigenvalue weighted by Crippen LogP contribution is 2.22. The van der Waals surface area contributed by atoms with Gasteiger partial charge in [0.15, 0.2) is 5.78 Å². The molecule has 88 valence electrons. The average molecular weight is 262 g/mol. The lowest BCUT2D eigenvalue weighted by atomic mass is 10.3. The Bertz CT molecular complexity index is 385. The maximum atomic E-state index is 11.8. The Labute approximate surface area is 102 Å². The number of rotatable bonds is 3. The SMILES string of the molecule is O=C(CN1CC(O)C(O)C1)c1ccc(Cl)s1. The summed E-state index contributed by atoms with van der Waals surface area (Å²) in [7, 11) is 0. The first-order chi connectivity index (χ1) is 7.56. The third kappa shape index (κ3) is 2.61. The van der Waals surface area contributed by atoms with Crippen LogP contribution in [0.5, 0.6) is 0 Å². The van der Waals surface area contributed by atoms with Crippen molar-refractivity contribution < 1.29 is 15.0 Å². The Morgan fingerprint density at radius 1 is 1.44 bits per heavy atom. The maximum Gasteiger partial charge on any atom is 0.186 e. The molecule has 2 heterocycles. The van der Waals surface area contributed by atoms with Crippen LogP contribution in [-0.4, -0.2) is 52.7 Å². The molecule has 2 N–H and O–H groups in total. The van der Waals surface area contributed by atoms with Crippen molar-refractivity contribution in [3.63, 3.8) is 0 Å². The Kier molecular flexibility index (Phi) is 3.61. The fourth-order valence-corrected chi connectivity index (χ4v) is 2.69. The molecule has 1 aliphatic rings. The second-order valence-electron chi connectivity index (χ2n) is 3.86. The molecular formula is C10H12ClNO3S. The van der Waals surface area contributed by atoms with Gasteiger partial charge in [-0.15, -0.1) is 11.3 Å². The predicted molar refractivity (Wildman–Crippen MR) is 62.1 cm³/mol. The van der Waals surface area contributed by atoms with Crippen LogP contribution >= 0.6 is 22.9 Å². The fraction of sp³-hybridized carbons (Fsp3) is 0.500. The van der Waals surface area contributed by atoms with Crippen LogP contribution in [0.1, 0.15) is 9.67 Å². The lowest BCUT2D eigenvalue weighted by Crippen LogP contribution is -2.28. The number of β-amino-alcohol motifs (C(OH)–C–C–N with tert-alkyl or cyclic N) is 2. The van der Waals surface area contributed by atoms with Crippen LogP contribution in [-0.2, 0) is 0 Å². The Morgan fingerprint density at radius 3 is 2.56 bits per heavy atom. The van der Waals surface area contributed by atoms with Gasteiger partial charge in [-0.3, -0.25) is 9.69 Å². The van der Waals surface area contributed by atoms with E-state index in [-0.39, 0.29) is 12.3 Å². The Hall–Kier alpha value is -0.460. The van der Waals surface area contributed by atoms with Crippen molar-refractivity contribution in [3.8, 4) is 0 Å². The second kappa shape index (κ2) is 4.81. The van der Waals surface area contributed by atoms with Crippen LogP contribution in [0, 0.1) is 0 Å². The molecule has 1 aliphatic heterocycles. The van der Waals surface area contributed by atoms with E-state index in [0.717, 1.165) is 0 Å². The van der Waals surface area contributed by atoms with Gasteiger partial charge in [0.05, 0.1) is 28.0 Å². The number of hydrogen-bond acceptors (Lipinski definition) is 5. The van der Waals surface area contributed by atoms with Gasteiger partial charge < -0.3 is 10.2 Å². The summed E-state index contributed by atoms with van der Waals surface area (Å²) < 4.78 is 0.588. The molecule has 6 heteroatoms. The molecule has 0 amide bonds. The highest BCUT2D eigenvalue weighted by Gasteiger charge is 2.30. The number of halogens is 1.